The quantitative estimate of drug-likeness (QED) is 0.106. The number of hydrogen-bond acceptors (Lipinski definition) is 20. The summed E-state index contributed by atoms with van der Waals surface area (Å²) in [6.07, 6.45) is 0. The molecule has 0 radical (unpaired) electrons. The molecule has 9 heterocycles. The third kappa shape index (κ3) is 10.6. The molecule has 6 aromatic heterocycles. The zero-order chi connectivity index (χ0) is 48.2. The largest absolute Gasteiger partial charge is 0.545 e. The van der Waals surface area contributed by atoms with E-state index in [1.54, 1.807) is 9.80 Å². The molecule has 0 saturated heterocycles. The van der Waals surface area contributed by atoms with Gasteiger partial charge in [-0.05, 0) is 72.8 Å². The molecule has 0 spiro atoms. The summed E-state index contributed by atoms with van der Waals surface area (Å²) in [7, 11) is 0. The average Bonchev–Trinajstić information content (AvgIpc) is 3.31. The Bertz CT molecular complexity index is 2720. The zero-order valence-electron chi connectivity index (χ0n) is 35.8. The number of nitrogens with one attached hydrogen (secondary N) is 2. The van der Waals surface area contributed by atoms with Crippen molar-refractivity contribution in [1.29, 1.82) is 0 Å². The van der Waals surface area contributed by atoms with Crippen LogP contribution in [0, 0.1) is 0 Å². The predicted octanol–water partition coefficient (Wildman–Crippen LogP) is -3.08. The molecule has 6 aromatic rings. The summed E-state index contributed by atoms with van der Waals surface area (Å²) in [6.45, 7) is -0.761. The Hall–Kier alpha value is -8.44. The smallest absolute Gasteiger partial charge is 0.251 e. The molecule has 0 unspecified atom stereocenters. The molecule has 9 rings (SSSR count). The van der Waals surface area contributed by atoms with E-state index in [1.165, 1.54) is 72.8 Å². The highest BCUT2D eigenvalue weighted by Gasteiger charge is 2.23. The van der Waals surface area contributed by atoms with Crippen LogP contribution in [0.4, 0.5) is 0 Å². The van der Waals surface area contributed by atoms with E-state index < -0.39 is 35.7 Å². The van der Waals surface area contributed by atoms with Crippen molar-refractivity contribution in [3.05, 3.63) is 140 Å². The fourth-order valence-electron chi connectivity index (χ4n) is 7.82. The number of nitrogens with zero attached hydrogens (tertiary/aromatic N) is 8. The number of pyridine rings is 6. The first kappa shape index (κ1) is 46.1. The number of aromatic nitrogens is 6. The van der Waals surface area contributed by atoms with E-state index in [0.29, 0.717) is 0 Å². The Morgan fingerprint density at radius 1 is 0.382 bits per heavy atom. The van der Waals surface area contributed by atoms with Crippen LogP contribution in [0.1, 0.15) is 96.3 Å². The van der Waals surface area contributed by atoms with E-state index in [9.17, 15) is 49.2 Å². The lowest BCUT2D eigenvalue weighted by molar-refractivity contribution is -0.256. The second-order valence-corrected chi connectivity index (χ2v) is 15.9. The van der Waals surface area contributed by atoms with Crippen molar-refractivity contribution in [2.75, 3.05) is 26.2 Å². The van der Waals surface area contributed by atoms with E-state index in [0.717, 1.165) is 0 Å². The van der Waals surface area contributed by atoms with Crippen molar-refractivity contribution in [2.24, 2.45) is 11.5 Å². The molecule has 14 bridgehead atoms. The lowest BCUT2D eigenvalue weighted by Crippen LogP contribution is -2.30. The lowest BCUT2D eigenvalue weighted by atomic mass is 10.1. The monoisotopic (exact) mass is 918 g/mol. The average molecular weight is 919 g/mol. The van der Waals surface area contributed by atoms with Crippen LogP contribution in [0.25, 0.3) is 34.2 Å². The Morgan fingerprint density at radius 2 is 0.588 bits per heavy atom. The van der Waals surface area contributed by atoms with Gasteiger partial charge in [0, 0.05) is 98.8 Å². The maximum absolute atomic E-state index is 13.7. The summed E-state index contributed by atoms with van der Waals surface area (Å²) in [5, 5.41) is 55.7. The van der Waals surface area contributed by atoms with Crippen LogP contribution in [-0.4, -0.2) is 102 Å². The summed E-state index contributed by atoms with van der Waals surface area (Å²) in [5.41, 5.74) is 11.2. The van der Waals surface area contributed by atoms with Gasteiger partial charge in [-0.25, -0.2) is 29.9 Å². The lowest BCUT2D eigenvalue weighted by Gasteiger charge is -2.25. The van der Waals surface area contributed by atoms with Gasteiger partial charge in [0.15, 0.2) is 0 Å². The van der Waals surface area contributed by atoms with E-state index in [2.05, 4.69) is 10.6 Å². The number of amides is 2. The van der Waals surface area contributed by atoms with Gasteiger partial charge < -0.3 is 61.7 Å². The highest BCUT2D eigenvalue weighted by Crippen LogP contribution is 2.28. The van der Waals surface area contributed by atoms with Gasteiger partial charge >= 0.3 is 0 Å². The molecule has 22 nitrogen and oxygen atoms in total. The van der Waals surface area contributed by atoms with Crippen LogP contribution in [0.3, 0.4) is 0 Å². The predicted molar refractivity (Wildman–Crippen MR) is 228 cm³/mol. The van der Waals surface area contributed by atoms with E-state index in [1.807, 2.05) is 0 Å². The number of carbonyl (C=O) groups is 6. The van der Waals surface area contributed by atoms with Gasteiger partial charge in [-0.2, -0.15) is 0 Å². The molecule has 3 aliphatic rings. The van der Waals surface area contributed by atoms with Gasteiger partial charge in [0.2, 0.25) is 0 Å². The number of carbonyl (C=O) groups excluding carboxylic acids is 6. The Labute approximate surface area is 385 Å². The molecule has 0 fully saturated rings. The first-order valence-electron chi connectivity index (χ1n) is 20.9. The second-order valence-electron chi connectivity index (χ2n) is 15.9. The van der Waals surface area contributed by atoms with E-state index >= 15 is 0 Å². The van der Waals surface area contributed by atoms with Crippen molar-refractivity contribution in [1.82, 2.24) is 50.3 Å². The van der Waals surface area contributed by atoms with Crippen LogP contribution < -0.4 is 42.5 Å². The molecular weight excluding hydrogens is 881 g/mol. The summed E-state index contributed by atoms with van der Waals surface area (Å²) >= 11 is 0. The maximum atomic E-state index is 13.7. The van der Waals surface area contributed by atoms with Crippen molar-refractivity contribution >= 4 is 35.7 Å². The number of carboxylic acids is 4. The topological polar surface area (TPSA) is 355 Å². The molecule has 0 saturated carbocycles. The SMILES string of the molecule is NCCNC(=O)c1cc2nc(c1)-c1cc(C(=O)NCCN)cc(n1)CN1Cc3cc(C(=O)[O-])cc(n3)-c3cc(C(=O)[O-])cc(n3)CN(Cc3cc(C(=O)[O-])cc(n3)-c3cc(C(=O)[O-])cc(n3)C1)C2. The van der Waals surface area contributed by atoms with Crippen LogP contribution in [0.5, 0.6) is 0 Å². The minimum atomic E-state index is -1.59. The van der Waals surface area contributed by atoms with Gasteiger partial charge in [-0.15, -0.1) is 0 Å². The highest BCUT2D eigenvalue weighted by atomic mass is 16.4. The van der Waals surface area contributed by atoms with Crippen LogP contribution in [0.15, 0.2) is 72.8 Å². The Kier molecular flexibility index (Phi) is 13.3. The third-order valence-corrected chi connectivity index (χ3v) is 10.7. The summed E-state index contributed by atoms with van der Waals surface area (Å²) in [6, 6.07) is 15.6. The minimum absolute atomic E-state index is 0.0615. The summed E-state index contributed by atoms with van der Waals surface area (Å²) in [5.74, 6) is -7.38. The van der Waals surface area contributed by atoms with Gasteiger partial charge in [0.1, 0.15) is 0 Å². The number of rotatable bonds is 10. The molecule has 68 heavy (non-hydrogen) atoms. The summed E-state index contributed by atoms with van der Waals surface area (Å²) < 4.78 is 0. The van der Waals surface area contributed by atoms with Crippen LogP contribution in [0.2, 0.25) is 0 Å². The molecule has 0 atom stereocenters. The van der Waals surface area contributed by atoms with Crippen molar-refractivity contribution in [3.63, 3.8) is 0 Å². The molecule has 6 N–H and O–H groups in total. The van der Waals surface area contributed by atoms with E-state index in [4.69, 9.17) is 41.4 Å². The van der Waals surface area contributed by atoms with Crippen LogP contribution >= 0.6 is 0 Å². The number of aromatic carboxylic acids is 4. The van der Waals surface area contributed by atoms with Gasteiger partial charge in [-0.3, -0.25) is 19.4 Å². The Balaban J connectivity index is 1.46. The minimum Gasteiger partial charge on any atom is -0.545 e. The molecule has 3 aliphatic heterocycles. The first-order chi connectivity index (χ1) is 32.6. The zero-order valence-corrected chi connectivity index (χ0v) is 35.8. The molecule has 346 valence electrons. The fourth-order valence-corrected chi connectivity index (χ4v) is 7.82. The normalized spacial score (nSPS) is 15.1. The number of nitrogens with two attached hydrogens (primary N) is 2. The fraction of sp³-hybridized carbons (Fsp3) is 0.217. The van der Waals surface area contributed by atoms with Gasteiger partial charge in [0.05, 0.1) is 92.2 Å². The number of carboxylic acid groups (broad SMARTS) is 4. The van der Waals surface area contributed by atoms with Gasteiger partial charge in [-0.1, -0.05) is 0 Å². The number of hydrogen-bond donors (Lipinski definition) is 4. The molecule has 2 amide bonds. The van der Waals surface area contributed by atoms with Crippen LogP contribution in [-0.2, 0) is 39.3 Å². The van der Waals surface area contributed by atoms with Gasteiger partial charge in [0.25, 0.3) is 11.8 Å². The molecule has 0 aromatic carbocycles. The van der Waals surface area contributed by atoms with Crippen molar-refractivity contribution in [2.45, 2.75) is 39.3 Å². The molecule has 22 heteroatoms. The second kappa shape index (κ2) is 19.6. The first-order valence-corrected chi connectivity index (χ1v) is 20.9. The summed E-state index contributed by atoms with van der Waals surface area (Å²) in [4.78, 5) is 110. The van der Waals surface area contributed by atoms with Crippen molar-refractivity contribution < 1.29 is 49.2 Å². The maximum Gasteiger partial charge on any atom is 0.251 e. The third-order valence-electron chi connectivity index (χ3n) is 10.7. The highest BCUT2D eigenvalue weighted by molar-refractivity contribution is 5.97. The standard InChI is InChI=1S/C46H42N12O10/c47-1-3-49-41(59)23-5-29-17-57-19-31-7-25(43(61)62)13-37(53-31)39-15-27(45(65)66)9-33(55-39)21-58(18-30-6-24(42(60)50-4-2-48)12-36(52-30)35(11-23)51-29)22-34-10-28(46(67)68)16-40(56-34)38-14-26(44(63)64)8-32(20-57)54-38/h5-16H,1-4,17-22,47-48H2,(H,49,59)(H,50,60)(H,61,62)(H,63,64)(H,65,66)(H,67,68)/p-4. The molecular formula is C46H38N12O10-4. The Morgan fingerprint density at radius 3 is 0.794 bits per heavy atom. The van der Waals surface area contributed by atoms with E-state index in [-0.39, 0.29) is 167 Å². The molecule has 0 aliphatic carbocycles. The van der Waals surface area contributed by atoms with Crippen molar-refractivity contribution in [3.8, 4) is 34.2 Å².